The van der Waals surface area contributed by atoms with Gasteiger partial charge in [-0.15, -0.1) is 70.5 Å². The van der Waals surface area contributed by atoms with Gasteiger partial charge in [-0.25, -0.2) is 35.1 Å². The summed E-state index contributed by atoms with van der Waals surface area (Å²) in [4.78, 5) is 0. The molecule has 0 aliphatic rings. The standard InChI is InChI=1S/C24H17BrF2O.C22H13BrF2O2.C18H15BFO3.C18H15FO.C12H13BO3.C6H3BrFI.C6H4BrF.CH2Cl2.BBr3.3Co.2K/c1-14-22(19-13-15(25)11-12-21(19)27)16-7-3-4-8-17(16)23(24(14)28-2)18-9-5-6-10-20(18)26;23-12-9-10-18(25)16(11-12)20-14-6-2-1-5-13(14)19(21(26)22(20)27)15-7-3-4-8-17(15)24;1-11-17(23-19-21)13-8-4-3-7-12(13)16(18(11)22-2)14-9-5-6-10-15(14)20;1-12-11-13-7-3-4-8-14(13)17(18(12)20-2)15-9-5-6-10-16(15)19;1-8-7-9-5-3-4-6-10(9)11(13(14)15)12(8)16-2;7-4-1-2-5(8)6(9)3-4;7-5-3-1-2-4-6(5)8;2-1-3;2-1(3)4;;;;;/h3-13H,1-2H3;1-11,26-27H;3-10,21H,1-2H3;3-11H,1-2H3;3-7,14-15H,1-2H3;1-3H;1-4H;1H2;;;;;;. The third-order valence-corrected chi connectivity index (χ3v) is 24.2. The van der Waals surface area contributed by atoms with E-state index in [0.717, 1.165) is 85.6 Å². The minimum atomic E-state index is -1.53. The zero-order chi connectivity index (χ0) is 102. The van der Waals surface area contributed by atoms with Crippen molar-refractivity contribution in [3.63, 3.8) is 0 Å². The molecule has 0 atom stereocenters. The first-order valence-electron chi connectivity index (χ1n) is 42.4. The van der Waals surface area contributed by atoms with E-state index in [1.165, 1.54) is 138 Å². The number of alkyl halides is 2. The number of hydrogen-bond donors (Lipinski definition) is 5. The average molecular weight is 2720 g/mol. The quantitative estimate of drug-likeness (QED) is 0.0189. The van der Waals surface area contributed by atoms with E-state index in [0.29, 0.717) is 98.4 Å². The molecule has 5 N–H and O–H groups in total. The van der Waals surface area contributed by atoms with Gasteiger partial charge in [0.2, 0.25) is 0 Å². The number of phenols is 2. The number of phenolic OH excluding ortho intramolecular Hbond substituents is 2. The van der Waals surface area contributed by atoms with Gasteiger partial charge in [0.05, 0.1) is 38.3 Å². The number of halogens is 18. The van der Waals surface area contributed by atoms with Gasteiger partial charge in [-0.1, -0.05) is 254 Å². The Morgan fingerprint density at radius 1 is 0.329 bits per heavy atom. The summed E-state index contributed by atoms with van der Waals surface area (Å²) < 4.78 is 143. The number of hydrogen-bond acceptors (Lipinski definition) is 10. The number of ether oxygens (including phenoxy) is 4. The second-order valence-electron chi connectivity index (χ2n) is 29.6. The zero-order valence-electron chi connectivity index (χ0n) is 77.5. The normalized spacial score (nSPS) is 10.1. The molecule has 0 aliphatic heterocycles. The van der Waals surface area contributed by atoms with E-state index >= 15 is 0 Å². The van der Waals surface area contributed by atoms with Crippen LogP contribution in [0.5, 0.6) is 40.2 Å². The molecule has 143 heavy (non-hydrogen) atoms. The average Bonchev–Trinajstić information content (AvgIpc) is 0.745. The van der Waals surface area contributed by atoms with Crippen LogP contribution in [0.2, 0.25) is 0 Å². The molecule has 0 saturated heterocycles. The fraction of sp³-hybridized carbons (Fsp3) is 0.0841. The summed E-state index contributed by atoms with van der Waals surface area (Å²) in [6.07, 6.45) is 0. The van der Waals surface area contributed by atoms with E-state index in [9.17, 15) is 55.4 Å². The van der Waals surface area contributed by atoms with Crippen LogP contribution in [0.3, 0.4) is 0 Å². The van der Waals surface area contributed by atoms with E-state index in [1.807, 2.05) is 159 Å². The van der Waals surface area contributed by atoms with Crippen molar-refractivity contribution in [3.05, 3.63) is 400 Å². The summed E-state index contributed by atoms with van der Waals surface area (Å²) in [6, 6.07) is 88.1. The fourth-order valence-electron chi connectivity index (χ4n) is 15.6. The molecule has 18 aromatic rings. The molecule has 0 unspecified atom stereocenters. The Bertz CT molecular complexity index is 7350. The third-order valence-electron chi connectivity index (χ3n) is 21.3. The Morgan fingerprint density at radius 3 is 0.972 bits per heavy atom. The number of methoxy groups -OCH3 is 4. The van der Waals surface area contributed by atoms with Crippen LogP contribution in [0, 0.1) is 77.8 Å². The molecule has 0 aromatic heterocycles. The van der Waals surface area contributed by atoms with Crippen molar-refractivity contribution in [3.8, 4) is 107 Å². The van der Waals surface area contributed by atoms with Crippen LogP contribution in [0.1, 0.15) is 22.3 Å². The van der Waals surface area contributed by atoms with Crippen molar-refractivity contribution >= 4 is 297 Å². The molecular formula is C107H82B3Br7Cl2Co3F8IK2O10. The Labute approximate surface area is 984 Å². The van der Waals surface area contributed by atoms with Crippen molar-refractivity contribution in [1.82, 2.24) is 0 Å². The van der Waals surface area contributed by atoms with E-state index < -0.39 is 30.3 Å². The molecule has 734 valence electrons. The molecule has 0 fully saturated rings. The van der Waals surface area contributed by atoms with Crippen molar-refractivity contribution in [2.75, 3.05) is 33.8 Å². The topological polar surface area (TPSA) is 147 Å². The van der Waals surface area contributed by atoms with Crippen molar-refractivity contribution in [2.45, 2.75) is 27.7 Å². The van der Waals surface area contributed by atoms with Gasteiger partial charge >= 0.3 is 81.1 Å². The summed E-state index contributed by atoms with van der Waals surface area (Å²) in [5.74, 6) is -0.839. The maximum atomic E-state index is 14.8. The Balaban J connectivity index is 0.000000258. The van der Waals surface area contributed by atoms with Gasteiger partial charge in [-0.3, -0.25) is 0 Å². The molecule has 18 aromatic carbocycles. The van der Waals surface area contributed by atoms with Crippen LogP contribution < -0.4 is 29.1 Å². The minimum absolute atomic E-state index is 0. The molecule has 0 saturated carbocycles. The van der Waals surface area contributed by atoms with Gasteiger partial charge in [0, 0.05) is 150 Å². The molecule has 36 heteroatoms. The second-order valence-corrected chi connectivity index (χ2v) is 41.6. The Hall–Kier alpha value is -5.16. The summed E-state index contributed by atoms with van der Waals surface area (Å²) in [6.45, 7) is 7.56. The van der Waals surface area contributed by atoms with Gasteiger partial charge in [0.1, 0.15) is 75.3 Å². The van der Waals surface area contributed by atoms with Crippen molar-refractivity contribution in [1.29, 1.82) is 0 Å². The first kappa shape index (κ1) is 127. The third kappa shape index (κ3) is 32.9. The first-order chi connectivity index (χ1) is 67.2. The van der Waals surface area contributed by atoms with Gasteiger partial charge < -0.3 is 48.9 Å². The molecule has 0 amide bonds. The molecule has 4 radical (unpaired) electrons. The van der Waals surface area contributed by atoms with Crippen LogP contribution in [0.4, 0.5) is 35.1 Å². The first-order valence-corrected chi connectivity index (χ1v) is 66.5. The van der Waals surface area contributed by atoms with Crippen LogP contribution in [0.15, 0.2) is 327 Å². The monoisotopic (exact) mass is 2720 g/mol. The summed E-state index contributed by atoms with van der Waals surface area (Å²) in [7, 11) is 5.36. The SMILES string of the molecule is BrB(Br)Br.COc1c(C)c(-c2cc(Br)ccc2F)c2ccccc2c1-c1ccccc1F.COc1c(C)c(O[B]O)c2ccccc2c1-c1ccccc1F.COc1c(C)cc2ccccc2c1-c1ccccc1F.COc1c(C)cc2ccccc2c1B(O)O.ClCCl.Fc1ccc(Br)cc1I.Fc1ccccc1Br.Oc1c(O)c(-c2cc(Br)ccc2F)c2ccccc2c1-c1ccccc1F.[Co].[Co].[Co].[K][K]. The fourth-order valence-corrected chi connectivity index (χ4v) is 17.9. The molecular weight excluding hydrogens is 2640 g/mol. The molecule has 0 aliphatic carbocycles. The molecule has 10 nitrogen and oxygen atoms in total. The van der Waals surface area contributed by atoms with Crippen molar-refractivity contribution < 1.29 is 134 Å². The summed E-state index contributed by atoms with van der Waals surface area (Å²) >= 11 is 36.3. The van der Waals surface area contributed by atoms with E-state index in [2.05, 4.69) is 117 Å². The predicted molar refractivity (Wildman–Crippen MR) is 596 cm³/mol. The number of rotatable bonds is 13. The molecule has 18 rings (SSSR count). The number of fused-ring (bicyclic) bond motifs is 5. The Kier molecular flexibility index (Phi) is 55.9. The second kappa shape index (κ2) is 63.2. The maximum absolute atomic E-state index is 14.8. The van der Waals surface area contributed by atoms with Gasteiger partial charge in [0.25, 0.3) is 0 Å². The van der Waals surface area contributed by atoms with Crippen LogP contribution in [0.25, 0.3) is 121 Å². The van der Waals surface area contributed by atoms with Crippen molar-refractivity contribution in [2.24, 2.45) is 0 Å². The van der Waals surface area contributed by atoms with E-state index in [-0.39, 0.29) is 116 Å². The number of aromatic hydroxyl groups is 2. The van der Waals surface area contributed by atoms with Crippen LogP contribution in [-0.2, 0) is 50.3 Å². The van der Waals surface area contributed by atoms with Crippen LogP contribution in [-0.4, -0.2) is 140 Å². The van der Waals surface area contributed by atoms with E-state index in [4.69, 9.17) is 51.8 Å². The Morgan fingerprint density at radius 2 is 0.608 bits per heavy atom. The van der Waals surface area contributed by atoms with E-state index in [1.54, 1.807) is 148 Å². The summed E-state index contributed by atoms with van der Waals surface area (Å²) in [5.41, 5.74) is 9.26. The van der Waals surface area contributed by atoms with Gasteiger partial charge in [-0.2, -0.15) is 0 Å². The molecule has 0 bridgehead atoms. The predicted octanol–water partition coefficient (Wildman–Crippen LogP) is 32.4. The number of aryl methyl sites for hydroxylation is 2. The summed E-state index contributed by atoms with van der Waals surface area (Å²) in [5, 5.41) is 57.7. The van der Waals surface area contributed by atoms with Crippen LogP contribution >= 0.6 is 157 Å². The number of benzene rings is 18. The molecule has 0 heterocycles. The zero-order valence-corrected chi connectivity index (χ0v) is 102. The van der Waals surface area contributed by atoms with Gasteiger partial charge in [0.15, 0.2) is 11.5 Å². The van der Waals surface area contributed by atoms with Gasteiger partial charge in [-0.05, 0) is 235 Å². The molecule has 0 spiro atoms.